The minimum atomic E-state index is -4.31. The van der Waals surface area contributed by atoms with Crippen LogP contribution in [0.15, 0.2) is 48.5 Å². The average Bonchev–Trinajstić information content (AvgIpc) is 3.17. The predicted octanol–water partition coefficient (Wildman–Crippen LogP) is 4.72. The van der Waals surface area contributed by atoms with Crippen molar-refractivity contribution in [1.82, 2.24) is 5.32 Å². The Balaban J connectivity index is 1.64. The number of hydrogen-bond donors (Lipinski definition) is 2. The molecule has 2 aromatic carbocycles. The normalized spacial score (nSPS) is 20.9. The smallest absolute Gasteiger partial charge is 0.416 e. The van der Waals surface area contributed by atoms with Crippen molar-refractivity contribution in [1.29, 1.82) is 0 Å². The molecule has 0 saturated heterocycles. The topological polar surface area (TPSA) is 41.5 Å². The number of benzene rings is 2. The maximum atomic E-state index is 12.8. The fraction of sp³-hybridized carbons (Fsp3) is 0.455. The number of aliphatic hydroxyl groups excluding tert-OH is 1. The van der Waals surface area contributed by atoms with Crippen LogP contribution < -0.4 is 10.1 Å². The van der Waals surface area contributed by atoms with Gasteiger partial charge in [0, 0.05) is 18.5 Å². The molecule has 0 unspecified atom stereocenters. The molecule has 1 fully saturated rings. The Morgan fingerprint density at radius 3 is 2.32 bits per heavy atom. The van der Waals surface area contributed by atoms with E-state index in [0.717, 1.165) is 36.1 Å². The van der Waals surface area contributed by atoms with Crippen LogP contribution in [0, 0.1) is 0 Å². The highest BCUT2D eigenvalue weighted by Crippen LogP contribution is 2.37. The SMILES string of the molecule is COc1ccc([C@H](CO)CN[C@H]2CCC[C@@H]2c2ccc(C(F)(F)F)cc2)cc1. The van der Waals surface area contributed by atoms with E-state index in [0.29, 0.717) is 6.54 Å². The lowest BCUT2D eigenvalue weighted by Crippen LogP contribution is -2.35. The van der Waals surface area contributed by atoms with E-state index in [2.05, 4.69) is 5.32 Å². The summed E-state index contributed by atoms with van der Waals surface area (Å²) >= 11 is 0. The van der Waals surface area contributed by atoms with Crippen LogP contribution in [0.25, 0.3) is 0 Å². The first-order chi connectivity index (χ1) is 13.4. The van der Waals surface area contributed by atoms with Gasteiger partial charge in [0.2, 0.25) is 0 Å². The quantitative estimate of drug-likeness (QED) is 0.716. The molecule has 0 aromatic heterocycles. The van der Waals surface area contributed by atoms with Crippen molar-refractivity contribution in [3.63, 3.8) is 0 Å². The molecule has 0 bridgehead atoms. The highest BCUT2D eigenvalue weighted by Gasteiger charge is 2.32. The van der Waals surface area contributed by atoms with Crippen molar-refractivity contribution >= 4 is 0 Å². The molecular weight excluding hydrogens is 367 g/mol. The van der Waals surface area contributed by atoms with Crippen LogP contribution in [-0.2, 0) is 6.18 Å². The fourth-order valence-corrected chi connectivity index (χ4v) is 3.98. The third-order valence-electron chi connectivity index (χ3n) is 5.62. The fourth-order valence-electron chi connectivity index (χ4n) is 3.98. The van der Waals surface area contributed by atoms with Crippen LogP contribution in [0.2, 0.25) is 0 Å². The molecule has 0 radical (unpaired) electrons. The van der Waals surface area contributed by atoms with Crippen LogP contribution in [-0.4, -0.2) is 31.4 Å². The number of aliphatic hydroxyl groups is 1. The summed E-state index contributed by atoms with van der Waals surface area (Å²) in [5, 5.41) is 13.3. The molecule has 3 atom stereocenters. The Hall–Kier alpha value is -2.05. The molecule has 152 valence electrons. The van der Waals surface area contributed by atoms with E-state index in [1.807, 2.05) is 24.3 Å². The third kappa shape index (κ3) is 4.86. The van der Waals surface area contributed by atoms with Gasteiger partial charge in [0.1, 0.15) is 5.75 Å². The molecule has 3 nitrogen and oxygen atoms in total. The van der Waals surface area contributed by atoms with E-state index in [1.165, 1.54) is 12.1 Å². The van der Waals surface area contributed by atoms with Crippen molar-refractivity contribution < 1.29 is 23.0 Å². The summed E-state index contributed by atoms with van der Waals surface area (Å²) in [6.07, 6.45) is -1.34. The second-order valence-corrected chi connectivity index (χ2v) is 7.32. The Morgan fingerprint density at radius 1 is 1.07 bits per heavy atom. The van der Waals surface area contributed by atoms with E-state index in [9.17, 15) is 18.3 Å². The summed E-state index contributed by atoms with van der Waals surface area (Å²) in [6, 6.07) is 13.4. The molecule has 2 aromatic rings. The molecule has 0 spiro atoms. The van der Waals surface area contributed by atoms with Crippen LogP contribution in [0.1, 0.15) is 47.8 Å². The number of hydrogen-bond acceptors (Lipinski definition) is 3. The molecule has 0 amide bonds. The van der Waals surface area contributed by atoms with Gasteiger partial charge < -0.3 is 15.2 Å². The van der Waals surface area contributed by atoms with Crippen LogP contribution >= 0.6 is 0 Å². The van der Waals surface area contributed by atoms with E-state index in [1.54, 1.807) is 19.2 Å². The zero-order valence-electron chi connectivity index (χ0n) is 15.9. The first kappa shape index (κ1) is 20.7. The Bertz CT molecular complexity index is 744. The van der Waals surface area contributed by atoms with E-state index < -0.39 is 11.7 Å². The number of rotatable bonds is 7. The molecule has 1 aliphatic carbocycles. The van der Waals surface area contributed by atoms with Crippen molar-refractivity contribution in [2.24, 2.45) is 0 Å². The van der Waals surface area contributed by atoms with E-state index in [4.69, 9.17) is 4.74 Å². The number of halogens is 3. The first-order valence-corrected chi connectivity index (χ1v) is 9.57. The van der Waals surface area contributed by atoms with Crippen LogP contribution in [0.3, 0.4) is 0 Å². The Morgan fingerprint density at radius 2 is 1.75 bits per heavy atom. The van der Waals surface area contributed by atoms with Crippen LogP contribution in [0.5, 0.6) is 5.75 Å². The highest BCUT2D eigenvalue weighted by atomic mass is 19.4. The molecule has 6 heteroatoms. The average molecular weight is 393 g/mol. The summed E-state index contributed by atoms with van der Waals surface area (Å²) in [4.78, 5) is 0. The van der Waals surface area contributed by atoms with Crippen molar-refractivity contribution in [2.45, 2.75) is 43.3 Å². The number of nitrogens with one attached hydrogen (secondary N) is 1. The van der Waals surface area contributed by atoms with Crippen LogP contribution in [0.4, 0.5) is 13.2 Å². The van der Waals surface area contributed by atoms with Crippen molar-refractivity contribution in [3.05, 3.63) is 65.2 Å². The Kier molecular flexibility index (Phi) is 6.62. The summed E-state index contributed by atoms with van der Waals surface area (Å²) in [7, 11) is 1.61. The lowest BCUT2D eigenvalue weighted by atomic mass is 9.92. The van der Waals surface area contributed by atoms with Crippen molar-refractivity contribution in [3.8, 4) is 5.75 Å². The van der Waals surface area contributed by atoms with Gasteiger partial charge in [-0.1, -0.05) is 30.7 Å². The minimum Gasteiger partial charge on any atom is -0.497 e. The summed E-state index contributed by atoms with van der Waals surface area (Å²) in [5.74, 6) is 0.920. The van der Waals surface area contributed by atoms with Crippen molar-refractivity contribution in [2.75, 3.05) is 20.3 Å². The van der Waals surface area contributed by atoms with Gasteiger partial charge in [-0.15, -0.1) is 0 Å². The summed E-state index contributed by atoms with van der Waals surface area (Å²) in [5.41, 5.74) is 1.35. The first-order valence-electron chi connectivity index (χ1n) is 9.57. The zero-order valence-corrected chi connectivity index (χ0v) is 15.9. The molecule has 0 aliphatic heterocycles. The molecule has 1 saturated carbocycles. The number of alkyl halides is 3. The molecule has 28 heavy (non-hydrogen) atoms. The second kappa shape index (κ2) is 8.97. The van der Waals surface area contributed by atoms with E-state index in [-0.39, 0.29) is 24.5 Å². The van der Waals surface area contributed by atoms with Gasteiger partial charge in [-0.25, -0.2) is 0 Å². The summed E-state index contributed by atoms with van der Waals surface area (Å²) in [6.45, 7) is 0.641. The molecular formula is C22H26F3NO2. The molecule has 2 N–H and O–H groups in total. The van der Waals surface area contributed by atoms with Gasteiger partial charge in [0.05, 0.1) is 19.3 Å². The molecule has 3 rings (SSSR count). The standard InChI is InChI=1S/C22H26F3NO2/c1-28-19-11-7-15(8-12-19)17(14-27)13-26-21-4-2-3-20(21)16-5-9-18(10-6-16)22(23,24)25/h5-12,17,20-21,26-27H,2-4,13-14H2,1H3/t17-,20+,21-/m0/s1. The molecule has 1 aliphatic rings. The summed E-state index contributed by atoms with van der Waals surface area (Å²) < 4.78 is 43.5. The number of ether oxygens (including phenoxy) is 1. The monoisotopic (exact) mass is 393 g/mol. The minimum absolute atomic E-state index is 0.0248. The molecule has 0 heterocycles. The maximum absolute atomic E-state index is 12.8. The zero-order chi connectivity index (χ0) is 20.1. The van der Waals surface area contributed by atoms with E-state index >= 15 is 0 Å². The third-order valence-corrected chi connectivity index (χ3v) is 5.62. The highest BCUT2D eigenvalue weighted by molar-refractivity contribution is 5.30. The predicted molar refractivity (Wildman–Crippen MR) is 103 cm³/mol. The maximum Gasteiger partial charge on any atom is 0.416 e. The largest absolute Gasteiger partial charge is 0.497 e. The van der Waals surface area contributed by atoms with Gasteiger partial charge in [-0.05, 0) is 54.2 Å². The lowest BCUT2D eigenvalue weighted by molar-refractivity contribution is -0.137. The van der Waals surface area contributed by atoms with Gasteiger partial charge in [-0.2, -0.15) is 13.2 Å². The lowest BCUT2D eigenvalue weighted by Gasteiger charge is -2.25. The Labute approximate surface area is 163 Å². The second-order valence-electron chi connectivity index (χ2n) is 7.32. The number of methoxy groups -OCH3 is 1. The van der Waals surface area contributed by atoms with Gasteiger partial charge >= 0.3 is 6.18 Å². The van der Waals surface area contributed by atoms with Gasteiger partial charge in [0.25, 0.3) is 0 Å². The van der Waals surface area contributed by atoms with Gasteiger partial charge in [0.15, 0.2) is 0 Å². The van der Waals surface area contributed by atoms with Gasteiger partial charge in [-0.3, -0.25) is 0 Å².